The summed E-state index contributed by atoms with van der Waals surface area (Å²) < 4.78 is 12.4. The SMILES string of the molecule is CCCCCCCCCc1ccccc1OP(=S)([S-])Oc1ccccc1CCCCCCCCC.[Mo]. The number of hydrogen-bond donors (Lipinski definition) is 0. The summed E-state index contributed by atoms with van der Waals surface area (Å²) in [5.41, 5.74) is -0.527. The van der Waals surface area contributed by atoms with Gasteiger partial charge in [-0.3, -0.25) is 0 Å². The summed E-state index contributed by atoms with van der Waals surface area (Å²) in [5, 5.41) is 0. The van der Waals surface area contributed by atoms with Gasteiger partial charge in [0.15, 0.2) is 5.69 Å². The van der Waals surface area contributed by atoms with E-state index in [9.17, 15) is 0 Å². The minimum Gasteiger partial charge on any atom is -0.665 e. The Balaban J connectivity index is 0.00000648. The Hall–Kier alpha value is -0.272. The van der Waals surface area contributed by atoms with E-state index in [1.165, 1.54) is 88.2 Å². The van der Waals surface area contributed by atoms with Crippen LogP contribution in [0.15, 0.2) is 48.5 Å². The zero-order chi connectivity index (χ0) is 25.2. The molecule has 2 nitrogen and oxygen atoms in total. The fourth-order valence-electron chi connectivity index (χ4n) is 4.40. The molecule has 0 aliphatic carbocycles. The Bertz CT molecular complexity index is 810. The molecule has 0 amide bonds. The second-order valence-electron chi connectivity index (χ2n) is 9.59. The van der Waals surface area contributed by atoms with Crippen LogP contribution in [-0.2, 0) is 58.0 Å². The second-order valence-corrected chi connectivity index (χ2v) is 14.4. The van der Waals surface area contributed by atoms with E-state index < -0.39 is 5.69 Å². The van der Waals surface area contributed by atoms with Gasteiger partial charge in [-0.25, -0.2) is 0 Å². The van der Waals surface area contributed by atoms with Gasteiger partial charge < -0.3 is 21.3 Å². The van der Waals surface area contributed by atoms with Gasteiger partial charge in [0.05, 0.1) is 0 Å². The first-order valence-corrected chi connectivity index (χ1v) is 17.6. The van der Waals surface area contributed by atoms with Crippen LogP contribution in [0.3, 0.4) is 0 Å². The summed E-state index contributed by atoms with van der Waals surface area (Å²) >= 11 is 11.4. The van der Waals surface area contributed by atoms with Crippen molar-refractivity contribution in [3.05, 3.63) is 59.7 Å². The van der Waals surface area contributed by atoms with Gasteiger partial charge in [0.1, 0.15) is 11.5 Å². The summed E-state index contributed by atoms with van der Waals surface area (Å²) in [6.07, 6.45) is 20.1. The van der Waals surface area contributed by atoms with Gasteiger partial charge in [-0.2, -0.15) is 0 Å². The monoisotopic (exact) mass is 631 g/mol. The topological polar surface area (TPSA) is 18.5 Å². The average Bonchev–Trinajstić information content (AvgIpc) is 2.84. The van der Waals surface area contributed by atoms with Crippen LogP contribution in [0.2, 0.25) is 0 Å². The zero-order valence-electron chi connectivity index (χ0n) is 22.4. The van der Waals surface area contributed by atoms with Crippen LogP contribution in [-0.4, -0.2) is 0 Å². The van der Waals surface area contributed by atoms with Crippen LogP contribution < -0.4 is 9.05 Å². The van der Waals surface area contributed by atoms with E-state index >= 15 is 0 Å². The largest absolute Gasteiger partial charge is 0.665 e. The van der Waals surface area contributed by atoms with Crippen LogP contribution in [0, 0.1) is 0 Å². The second kappa shape index (κ2) is 20.7. The van der Waals surface area contributed by atoms with Crippen molar-refractivity contribution < 1.29 is 30.1 Å². The predicted octanol–water partition coefficient (Wildman–Crippen LogP) is 10.5. The maximum Gasteiger partial charge on any atom is 0.156 e. The van der Waals surface area contributed by atoms with Gasteiger partial charge in [0.25, 0.3) is 0 Å². The quantitative estimate of drug-likeness (QED) is 0.0628. The number of benzene rings is 2. The molecule has 0 unspecified atom stereocenters. The van der Waals surface area contributed by atoms with Crippen molar-refractivity contribution in [3.8, 4) is 11.5 Å². The first-order valence-electron chi connectivity index (χ1n) is 13.9. The molecule has 0 aromatic heterocycles. The number of aryl methyl sites for hydroxylation is 2. The molecule has 0 radical (unpaired) electrons. The molecule has 6 heteroatoms. The average molecular weight is 630 g/mol. The van der Waals surface area contributed by atoms with Gasteiger partial charge in [-0.05, 0) is 60.7 Å². The van der Waals surface area contributed by atoms with E-state index in [4.69, 9.17) is 33.1 Å². The molecule has 0 N–H and O–H groups in total. The van der Waals surface area contributed by atoms with Gasteiger partial charge in [0, 0.05) is 21.1 Å². The maximum atomic E-state index is 6.20. The molecule has 0 spiro atoms. The minimum absolute atomic E-state index is 0. The third-order valence-corrected chi connectivity index (χ3v) is 8.20. The van der Waals surface area contributed by atoms with E-state index in [2.05, 4.69) is 38.1 Å². The third-order valence-electron chi connectivity index (χ3n) is 6.46. The smallest absolute Gasteiger partial charge is 0.156 e. The Labute approximate surface area is 246 Å². The normalized spacial score (nSPS) is 11.2. The summed E-state index contributed by atoms with van der Waals surface area (Å²) in [6, 6.07) is 16.3. The Kier molecular flexibility index (Phi) is 19.4. The Morgan fingerprint density at radius 2 is 0.917 bits per heavy atom. The molecule has 0 aliphatic rings. The van der Waals surface area contributed by atoms with E-state index in [1.54, 1.807) is 0 Å². The molecule has 202 valence electrons. The summed E-state index contributed by atoms with van der Waals surface area (Å²) in [7, 11) is 0. The molecule has 0 aliphatic heterocycles. The molecule has 0 atom stereocenters. The molecule has 0 saturated heterocycles. The Morgan fingerprint density at radius 3 is 1.31 bits per heavy atom. The third kappa shape index (κ3) is 14.6. The van der Waals surface area contributed by atoms with Crippen LogP contribution in [0.4, 0.5) is 0 Å². The van der Waals surface area contributed by atoms with Crippen LogP contribution in [0.25, 0.3) is 0 Å². The van der Waals surface area contributed by atoms with E-state index in [0.717, 1.165) is 37.2 Å². The van der Waals surface area contributed by atoms with Crippen molar-refractivity contribution in [3.63, 3.8) is 0 Å². The van der Waals surface area contributed by atoms with Crippen molar-refractivity contribution in [1.29, 1.82) is 0 Å². The number of unbranched alkanes of at least 4 members (excludes halogenated alkanes) is 12. The molecular weight excluding hydrogens is 583 g/mol. The molecule has 36 heavy (non-hydrogen) atoms. The van der Waals surface area contributed by atoms with Gasteiger partial charge >= 0.3 is 0 Å². The molecular formula is C30H46MoO2PS2-. The predicted molar refractivity (Wildman–Crippen MR) is 159 cm³/mol. The number of hydrogen-bond acceptors (Lipinski definition) is 4. The fraction of sp³-hybridized carbons (Fsp3) is 0.600. The molecule has 0 heterocycles. The van der Waals surface area contributed by atoms with Crippen molar-refractivity contribution in [2.24, 2.45) is 0 Å². The van der Waals surface area contributed by atoms with Crippen LogP contribution >= 0.6 is 5.69 Å². The van der Waals surface area contributed by atoms with Crippen LogP contribution in [0.5, 0.6) is 11.5 Å². The number of rotatable bonds is 20. The van der Waals surface area contributed by atoms with Crippen molar-refractivity contribution in [2.45, 2.75) is 117 Å². The summed E-state index contributed by atoms with van der Waals surface area (Å²) in [4.78, 5) is 0. The van der Waals surface area contributed by atoms with Gasteiger partial charge in [0.2, 0.25) is 0 Å². The van der Waals surface area contributed by atoms with Crippen LogP contribution in [0.1, 0.15) is 115 Å². The molecule has 0 saturated carbocycles. The molecule has 2 rings (SSSR count). The first-order chi connectivity index (χ1) is 17.1. The maximum absolute atomic E-state index is 6.20. The van der Waals surface area contributed by atoms with Gasteiger partial charge in [-0.1, -0.05) is 127 Å². The molecule has 2 aromatic rings. The molecule has 0 bridgehead atoms. The molecule has 0 fully saturated rings. The Morgan fingerprint density at radius 1 is 0.583 bits per heavy atom. The van der Waals surface area contributed by atoms with E-state index in [0.29, 0.717) is 0 Å². The zero-order valence-corrected chi connectivity index (χ0v) is 27.0. The summed E-state index contributed by atoms with van der Waals surface area (Å²) in [5.74, 6) is 1.59. The molecule has 2 aromatic carbocycles. The van der Waals surface area contributed by atoms with E-state index in [-0.39, 0.29) is 21.1 Å². The van der Waals surface area contributed by atoms with E-state index in [1.807, 2.05) is 24.3 Å². The fourth-order valence-corrected chi connectivity index (χ4v) is 6.24. The van der Waals surface area contributed by atoms with Crippen molar-refractivity contribution >= 4 is 29.7 Å². The standard InChI is InChI=1S/C30H47O2PS2.Mo/c1-3-5-7-9-11-13-15-21-27-23-17-19-25-29(27)31-33(34,35)32-30-26-20-18-24-28(30)22-16-14-12-10-8-6-4-2;/h17-20,23-26H,3-16,21-22H2,1-2H3,(H,34,35);/p-1. The van der Waals surface area contributed by atoms with Crippen molar-refractivity contribution in [1.82, 2.24) is 0 Å². The first kappa shape index (κ1) is 33.8. The number of para-hydroxylation sites is 2. The van der Waals surface area contributed by atoms with Gasteiger partial charge in [-0.15, -0.1) is 0 Å². The summed E-state index contributed by atoms with van der Waals surface area (Å²) in [6.45, 7) is 4.52. The minimum atomic E-state index is -2.89. The van der Waals surface area contributed by atoms with Crippen molar-refractivity contribution in [2.75, 3.05) is 0 Å².